The monoisotopic (exact) mass is 439 g/mol. The first kappa shape index (κ1) is 20.3. The zero-order valence-corrected chi connectivity index (χ0v) is 17.8. The van der Waals surface area contributed by atoms with Gasteiger partial charge in [0.05, 0.1) is 29.6 Å². The molecule has 0 aliphatic rings. The average molecular weight is 440 g/mol. The molecule has 0 unspecified atom stereocenters. The van der Waals surface area contributed by atoms with Crippen molar-refractivity contribution in [2.24, 2.45) is 0 Å². The van der Waals surface area contributed by atoms with Crippen LogP contribution in [0.1, 0.15) is 5.56 Å². The van der Waals surface area contributed by atoms with Crippen molar-refractivity contribution in [1.29, 1.82) is 0 Å². The molecule has 0 fully saturated rings. The summed E-state index contributed by atoms with van der Waals surface area (Å²) in [5, 5.41) is 0.541. The smallest absolute Gasteiger partial charge is 0.239 e. The second kappa shape index (κ2) is 9.23. The Kier molecular flexibility index (Phi) is 6.25. The highest BCUT2D eigenvalue weighted by Gasteiger charge is 2.21. The summed E-state index contributed by atoms with van der Waals surface area (Å²) < 4.78 is 19.5. The Balaban J connectivity index is 1.57. The van der Waals surface area contributed by atoms with Gasteiger partial charge >= 0.3 is 0 Å². The minimum Gasteiger partial charge on any atom is -0.497 e. The first-order valence-electron chi connectivity index (χ1n) is 9.14. The van der Waals surface area contributed by atoms with E-state index in [1.807, 2.05) is 36.4 Å². The fourth-order valence-electron chi connectivity index (χ4n) is 2.83. The van der Waals surface area contributed by atoms with Crippen LogP contribution in [0, 0.1) is 5.82 Å². The van der Waals surface area contributed by atoms with Crippen LogP contribution in [0.4, 0.5) is 9.52 Å². The molecular weight excluding hydrogens is 421 g/mol. The summed E-state index contributed by atoms with van der Waals surface area (Å²) >= 11 is 2.75. The first-order valence-corrected chi connectivity index (χ1v) is 10.9. The molecule has 0 aliphatic heterocycles. The number of hydrogen-bond donors (Lipinski definition) is 0. The van der Waals surface area contributed by atoms with E-state index in [9.17, 15) is 9.18 Å². The third-order valence-corrected chi connectivity index (χ3v) is 6.39. The molecule has 0 N–H and O–H groups in total. The van der Waals surface area contributed by atoms with Gasteiger partial charge in [0.25, 0.3) is 0 Å². The van der Waals surface area contributed by atoms with E-state index < -0.39 is 0 Å². The average Bonchev–Trinajstić information content (AvgIpc) is 3.19. The molecule has 2 heterocycles. The maximum Gasteiger partial charge on any atom is 0.239 e. The highest BCUT2D eigenvalue weighted by molar-refractivity contribution is 8.00. The maximum absolute atomic E-state index is 13.6. The Hall–Kier alpha value is -2.97. The number of thiazole rings is 1. The van der Waals surface area contributed by atoms with Gasteiger partial charge in [0, 0.05) is 17.3 Å². The van der Waals surface area contributed by atoms with Crippen LogP contribution in [-0.2, 0) is 11.3 Å². The largest absolute Gasteiger partial charge is 0.497 e. The van der Waals surface area contributed by atoms with Gasteiger partial charge in [-0.25, -0.2) is 9.37 Å². The number of anilines is 1. The quantitative estimate of drug-likeness (QED) is 0.372. The Morgan fingerprint density at radius 3 is 2.77 bits per heavy atom. The number of nitrogens with zero attached hydrogens (tertiary/aromatic N) is 3. The third kappa shape index (κ3) is 4.77. The molecule has 8 heteroatoms. The van der Waals surface area contributed by atoms with Crippen molar-refractivity contribution < 1.29 is 13.9 Å². The van der Waals surface area contributed by atoms with Crippen LogP contribution >= 0.6 is 23.1 Å². The summed E-state index contributed by atoms with van der Waals surface area (Å²) in [5.41, 5.74) is 1.56. The fourth-order valence-corrected chi connectivity index (χ4v) is 4.61. The van der Waals surface area contributed by atoms with E-state index in [2.05, 4.69) is 9.97 Å². The second-order valence-electron chi connectivity index (χ2n) is 6.41. The van der Waals surface area contributed by atoms with Gasteiger partial charge in [-0.15, -0.1) is 11.8 Å². The number of methoxy groups -OCH3 is 1. The molecule has 0 atom stereocenters. The summed E-state index contributed by atoms with van der Waals surface area (Å²) in [6.45, 7) is 0.345. The lowest BCUT2D eigenvalue weighted by atomic mass is 10.2. The van der Waals surface area contributed by atoms with E-state index in [1.54, 1.807) is 30.5 Å². The zero-order valence-electron chi connectivity index (χ0n) is 16.1. The van der Waals surface area contributed by atoms with Crippen molar-refractivity contribution in [3.63, 3.8) is 0 Å². The number of carbonyl (C=O) groups excluding carboxylic acids is 1. The lowest BCUT2D eigenvalue weighted by molar-refractivity contribution is -0.116. The number of aromatic nitrogens is 2. The predicted octanol–water partition coefficient (Wildman–Crippen LogP) is 5.16. The maximum atomic E-state index is 13.6. The van der Waals surface area contributed by atoms with Gasteiger partial charge in [-0.3, -0.25) is 14.7 Å². The summed E-state index contributed by atoms with van der Waals surface area (Å²) in [6.07, 6.45) is 3.42. The number of benzene rings is 2. The van der Waals surface area contributed by atoms with Gasteiger partial charge in [0.2, 0.25) is 5.91 Å². The van der Waals surface area contributed by atoms with Crippen LogP contribution in [0.2, 0.25) is 0 Å². The lowest BCUT2D eigenvalue weighted by Crippen LogP contribution is -2.31. The molecule has 2 aromatic heterocycles. The number of thioether (sulfide) groups is 1. The molecular formula is C22H18FN3O2S2. The molecule has 0 bridgehead atoms. The van der Waals surface area contributed by atoms with E-state index in [0.717, 1.165) is 16.2 Å². The van der Waals surface area contributed by atoms with Crippen LogP contribution in [0.15, 0.2) is 71.9 Å². The Morgan fingerprint density at radius 2 is 2.03 bits per heavy atom. The van der Waals surface area contributed by atoms with Crippen LogP contribution in [0.5, 0.6) is 5.75 Å². The number of rotatable bonds is 7. The van der Waals surface area contributed by atoms with Crippen molar-refractivity contribution in [2.45, 2.75) is 11.4 Å². The van der Waals surface area contributed by atoms with Gasteiger partial charge in [-0.05, 0) is 54.1 Å². The topological polar surface area (TPSA) is 55.3 Å². The molecule has 0 saturated carbocycles. The molecule has 152 valence electrons. The van der Waals surface area contributed by atoms with Crippen LogP contribution in [-0.4, -0.2) is 28.7 Å². The molecule has 0 radical (unpaired) electrons. The molecule has 4 aromatic rings. The van der Waals surface area contributed by atoms with Crippen LogP contribution in [0.25, 0.3) is 10.2 Å². The van der Waals surface area contributed by atoms with Crippen molar-refractivity contribution in [2.75, 3.05) is 17.8 Å². The minimum absolute atomic E-state index is 0.0841. The van der Waals surface area contributed by atoms with Crippen molar-refractivity contribution in [1.82, 2.24) is 9.97 Å². The standard InChI is InChI=1S/C22H18FN3O2S2/c1-28-17-5-7-18(8-6-17)29-14-21(27)26(13-15-3-2-10-24-12-15)22-25-19-9-4-16(23)11-20(19)30-22/h2-12H,13-14H2,1H3. The van der Waals surface area contributed by atoms with Gasteiger partial charge < -0.3 is 4.74 Å². The number of amides is 1. The summed E-state index contributed by atoms with van der Waals surface area (Å²) in [6, 6.07) is 15.8. The van der Waals surface area contributed by atoms with Crippen LogP contribution in [0.3, 0.4) is 0 Å². The van der Waals surface area contributed by atoms with Gasteiger partial charge in [-0.1, -0.05) is 17.4 Å². The molecule has 0 aliphatic carbocycles. The number of carbonyl (C=O) groups is 1. The molecule has 5 nitrogen and oxygen atoms in total. The number of hydrogen-bond acceptors (Lipinski definition) is 6. The van der Waals surface area contributed by atoms with Gasteiger partial charge in [-0.2, -0.15) is 0 Å². The summed E-state index contributed by atoms with van der Waals surface area (Å²) in [7, 11) is 1.62. The number of ether oxygens (including phenoxy) is 1. The molecule has 4 rings (SSSR count). The van der Waals surface area contributed by atoms with Crippen molar-refractivity contribution in [3.05, 3.63) is 78.4 Å². The number of halogens is 1. The first-order chi connectivity index (χ1) is 14.6. The van der Waals surface area contributed by atoms with Gasteiger partial charge in [0.1, 0.15) is 11.6 Å². The minimum atomic E-state index is -0.321. The van der Waals surface area contributed by atoms with E-state index in [0.29, 0.717) is 21.9 Å². The Labute approximate surface area is 181 Å². The Bertz CT molecular complexity index is 1150. The molecule has 30 heavy (non-hydrogen) atoms. The van der Waals surface area contributed by atoms with Crippen LogP contribution < -0.4 is 9.64 Å². The summed E-state index contributed by atoms with van der Waals surface area (Å²) in [5.74, 6) is 0.610. The highest BCUT2D eigenvalue weighted by atomic mass is 32.2. The van der Waals surface area contributed by atoms with E-state index in [4.69, 9.17) is 4.74 Å². The number of pyridine rings is 1. The van der Waals surface area contributed by atoms with Gasteiger partial charge in [0.15, 0.2) is 5.13 Å². The van der Waals surface area contributed by atoms with E-state index in [1.165, 1.54) is 35.2 Å². The lowest BCUT2D eigenvalue weighted by Gasteiger charge is -2.19. The predicted molar refractivity (Wildman–Crippen MR) is 119 cm³/mol. The molecule has 2 aromatic carbocycles. The second-order valence-corrected chi connectivity index (χ2v) is 8.47. The zero-order chi connectivity index (χ0) is 20.9. The van der Waals surface area contributed by atoms with Crippen molar-refractivity contribution >= 4 is 44.4 Å². The molecule has 1 amide bonds. The molecule has 0 spiro atoms. The van der Waals surface area contributed by atoms with E-state index in [-0.39, 0.29) is 17.5 Å². The normalized spacial score (nSPS) is 10.9. The fraction of sp³-hybridized carbons (Fsp3) is 0.136. The Morgan fingerprint density at radius 1 is 1.20 bits per heavy atom. The number of fused-ring (bicyclic) bond motifs is 1. The third-order valence-electron chi connectivity index (χ3n) is 4.36. The SMILES string of the molecule is COc1ccc(SCC(=O)N(Cc2cccnc2)c2nc3ccc(F)cc3s2)cc1. The highest BCUT2D eigenvalue weighted by Crippen LogP contribution is 2.31. The summed E-state index contributed by atoms with van der Waals surface area (Å²) in [4.78, 5) is 24.4. The van der Waals surface area contributed by atoms with Crippen molar-refractivity contribution in [3.8, 4) is 5.75 Å². The van der Waals surface area contributed by atoms with E-state index >= 15 is 0 Å². The molecule has 0 saturated heterocycles.